The van der Waals surface area contributed by atoms with E-state index in [1.165, 1.54) is 17.5 Å². The number of imide groups is 1. The zero-order chi connectivity index (χ0) is 46.5. The van der Waals surface area contributed by atoms with Crippen LogP contribution in [0.1, 0.15) is 66.1 Å². The largest absolute Gasteiger partial charge is 0.495 e. The van der Waals surface area contributed by atoms with Crippen molar-refractivity contribution in [1.82, 2.24) is 20.0 Å². The lowest BCUT2D eigenvalue weighted by atomic mass is 9.99. The Morgan fingerprint density at radius 3 is 2.46 bits per heavy atom. The van der Waals surface area contributed by atoms with Crippen LogP contribution < -0.4 is 30.9 Å². The summed E-state index contributed by atoms with van der Waals surface area (Å²) in [6.45, 7) is 16.9. The molecule has 0 radical (unpaired) electrons. The van der Waals surface area contributed by atoms with Crippen LogP contribution in [0.25, 0.3) is 0 Å². The minimum absolute atomic E-state index is 0.245. The van der Waals surface area contributed by atoms with Crippen molar-refractivity contribution in [3.63, 3.8) is 0 Å². The molecule has 346 valence electrons. The van der Waals surface area contributed by atoms with E-state index >= 15 is 0 Å². The summed E-state index contributed by atoms with van der Waals surface area (Å²) in [6.07, 6.45) is 6.96. The quantitative estimate of drug-likeness (QED) is 0.0437. The van der Waals surface area contributed by atoms with Crippen molar-refractivity contribution < 1.29 is 23.7 Å². The number of amides is 2. The third kappa shape index (κ3) is 13.2. The Balaban J connectivity index is 0.957. The summed E-state index contributed by atoms with van der Waals surface area (Å²) in [7, 11) is 0.985. The first-order chi connectivity index (χ1) is 31.3. The van der Waals surface area contributed by atoms with E-state index in [9.17, 15) is 18.9 Å². The summed E-state index contributed by atoms with van der Waals surface area (Å²) in [5, 5.41) is 9.94. The Morgan fingerprint density at radius 1 is 1.03 bits per heavy atom. The smallest absolute Gasteiger partial charge is 0.243 e. The molecule has 0 aromatic heterocycles. The van der Waals surface area contributed by atoms with E-state index in [0.29, 0.717) is 47.8 Å². The fraction of sp³-hybridized carbons (Fsp3) is 0.449. The van der Waals surface area contributed by atoms with Gasteiger partial charge in [-0.3, -0.25) is 39.4 Å². The number of allylic oxidation sites excluding steroid dienone is 1. The van der Waals surface area contributed by atoms with Crippen molar-refractivity contribution in [3.8, 4) is 17.6 Å². The van der Waals surface area contributed by atoms with Gasteiger partial charge in [0, 0.05) is 106 Å². The lowest BCUT2D eigenvalue weighted by molar-refractivity contribution is -0.137. The number of anilines is 3. The number of piperidine rings is 2. The van der Waals surface area contributed by atoms with Crippen LogP contribution in [-0.2, 0) is 27.1 Å². The average Bonchev–Trinajstić information content (AvgIpc) is 3.30. The molecule has 3 aromatic carbocycles. The first kappa shape index (κ1) is 49.2. The molecule has 3 aliphatic rings. The molecule has 0 saturated carbocycles. The van der Waals surface area contributed by atoms with Crippen molar-refractivity contribution in [2.75, 3.05) is 95.5 Å². The number of hydrogen-bond acceptors (Lipinski definition) is 13. The van der Waals surface area contributed by atoms with Gasteiger partial charge in [0.1, 0.15) is 36.7 Å². The molecule has 16 heteroatoms. The number of aliphatic imine (C=N–C) groups is 2. The molecule has 3 N–H and O–H groups in total. The molecule has 6 rings (SSSR count). The van der Waals surface area contributed by atoms with Crippen LogP contribution in [0.3, 0.4) is 0 Å². The van der Waals surface area contributed by atoms with Crippen LogP contribution in [-0.4, -0.2) is 138 Å². The number of hydrogen-bond donors (Lipinski definition) is 3. The van der Waals surface area contributed by atoms with Gasteiger partial charge in [-0.25, -0.2) is 4.99 Å². The van der Waals surface area contributed by atoms with Crippen molar-refractivity contribution >= 4 is 72.1 Å². The molecule has 0 bridgehead atoms. The maximum atomic E-state index is 12.8. The second kappa shape index (κ2) is 23.2. The van der Waals surface area contributed by atoms with Crippen LogP contribution in [0.4, 0.5) is 17.1 Å². The maximum absolute atomic E-state index is 12.8. The van der Waals surface area contributed by atoms with Gasteiger partial charge in [-0.05, 0) is 94.2 Å². The molecule has 3 fully saturated rings. The SMILES string of the molecule is C=N/C(Nc1ccccc1P(C)(C)=O)=C(Cl)\C=N/CNc1cc(CC)c(N2CCC(N3CCN(CCC#Cc4ccc(C=O)c(CN(C)C5CCC(=O)NC5=O)c4)CC3)CC2)cc1OC. The van der Waals surface area contributed by atoms with Crippen molar-refractivity contribution in [2.24, 2.45) is 9.98 Å². The molecular weight excluding hydrogens is 861 g/mol. The first-order valence-corrected chi connectivity index (χ1v) is 25.3. The average molecular weight is 925 g/mol. The number of benzene rings is 3. The van der Waals surface area contributed by atoms with Gasteiger partial charge in [-0.2, -0.15) is 0 Å². The van der Waals surface area contributed by atoms with Crippen LogP contribution in [0, 0.1) is 11.8 Å². The number of likely N-dealkylation sites (N-methyl/N-ethyl adjacent to an activating group) is 1. The number of nitrogens with one attached hydrogen (secondary N) is 3. The number of carbonyl (C=O) groups excluding carboxylic acids is 3. The van der Waals surface area contributed by atoms with Crippen LogP contribution in [0.15, 0.2) is 75.4 Å². The molecule has 0 spiro atoms. The Bertz CT molecular complexity index is 2370. The molecule has 1 unspecified atom stereocenters. The van der Waals surface area contributed by atoms with Gasteiger partial charge in [0.25, 0.3) is 0 Å². The van der Waals surface area contributed by atoms with Gasteiger partial charge in [0.2, 0.25) is 11.8 Å². The van der Waals surface area contributed by atoms with E-state index in [0.717, 1.165) is 100 Å². The van der Waals surface area contributed by atoms with E-state index in [1.54, 1.807) is 26.5 Å². The summed E-state index contributed by atoms with van der Waals surface area (Å²) in [6, 6.07) is 17.4. The molecule has 1 atom stereocenters. The molecule has 65 heavy (non-hydrogen) atoms. The molecule has 3 heterocycles. The lowest BCUT2D eigenvalue weighted by Crippen LogP contribution is -2.53. The minimum atomic E-state index is -2.54. The third-order valence-electron chi connectivity index (χ3n) is 12.4. The fourth-order valence-electron chi connectivity index (χ4n) is 8.79. The highest BCUT2D eigenvalue weighted by molar-refractivity contribution is 7.70. The van der Waals surface area contributed by atoms with Crippen molar-refractivity contribution in [1.29, 1.82) is 0 Å². The van der Waals surface area contributed by atoms with Gasteiger partial charge in [0.15, 0.2) is 0 Å². The number of halogens is 1. The van der Waals surface area contributed by atoms with Gasteiger partial charge in [-0.15, -0.1) is 0 Å². The number of carbonyl (C=O) groups is 3. The summed E-state index contributed by atoms with van der Waals surface area (Å²) < 4.78 is 18.7. The van der Waals surface area contributed by atoms with E-state index < -0.39 is 13.2 Å². The predicted octanol–water partition coefficient (Wildman–Crippen LogP) is 6.24. The van der Waals surface area contributed by atoms with Crippen LogP contribution in [0.5, 0.6) is 5.75 Å². The standard InChI is InChI=1S/C49H63ClN9O5P/c1-7-36-29-42(53-34-52-31-40(50)48(51-2)54-41-13-8-9-14-46(41)65(5,6)63)45(64-4)30-44(36)59-22-19-39(20-23-59)58-26-24-57(25-27-58)21-11-10-12-35-15-16-37(33-60)38(28-35)32-56(3)43-17-18-47(61)55-49(43)62/h8-9,13-16,28-31,33,39,43,53-54H,2,7,11,17-27,32,34H2,1,3-6H3,(H,55,61,62)/b48-40-,52-31-. The molecule has 0 aliphatic carbocycles. The highest BCUT2D eigenvalue weighted by Crippen LogP contribution is 2.38. The van der Waals surface area contributed by atoms with E-state index in [2.05, 4.69) is 78.2 Å². The monoisotopic (exact) mass is 923 g/mol. The number of methoxy groups -OCH3 is 1. The first-order valence-electron chi connectivity index (χ1n) is 22.4. The number of rotatable bonds is 18. The van der Waals surface area contributed by atoms with Crippen LogP contribution in [0.2, 0.25) is 0 Å². The van der Waals surface area contributed by atoms with E-state index in [1.807, 2.05) is 48.3 Å². The lowest BCUT2D eigenvalue weighted by Gasteiger charge is -2.43. The fourth-order valence-corrected chi connectivity index (χ4v) is 10.1. The summed E-state index contributed by atoms with van der Waals surface area (Å²) in [4.78, 5) is 53.9. The van der Waals surface area contributed by atoms with Crippen molar-refractivity contribution in [3.05, 3.63) is 87.7 Å². The molecule has 3 aliphatic heterocycles. The number of para-hydroxylation sites is 1. The van der Waals surface area contributed by atoms with Gasteiger partial charge in [0.05, 0.1) is 24.5 Å². The summed E-state index contributed by atoms with van der Waals surface area (Å²) in [5.41, 5.74) is 6.20. The second-order valence-corrected chi connectivity index (χ2v) is 20.7. The molecule has 3 aromatic rings. The summed E-state index contributed by atoms with van der Waals surface area (Å²) in [5.74, 6) is 7.16. The summed E-state index contributed by atoms with van der Waals surface area (Å²) >= 11 is 6.58. The molecule has 2 amide bonds. The van der Waals surface area contributed by atoms with E-state index in [4.69, 9.17) is 16.3 Å². The third-order valence-corrected chi connectivity index (χ3v) is 14.2. The predicted molar refractivity (Wildman–Crippen MR) is 265 cm³/mol. The van der Waals surface area contributed by atoms with Gasteiger partial charge >= 0.3 is 0 Å². The van der Waals surface area contributed by atoms with Crippen LogP contribution >= 0.6 is 18.7 Å². The maximum Gasteiger partial charge on any atom is 0.243 e. The van der Waals surface area contributed by atoms with Gasteiger partial charge in [-0.1, -0.05) is 48.6 Å². The highest BCUT2D eigenvalue weighted by Gasteiger charge is 2.31. The topological polar surface area (TPSA) is 151 Å². The minimum Gasteiger partial charge on any atom is -0.495 e. The molecular formula is C49H63ClN9O5P. The number of piperazine rings is 1. The number of aldehydes is 1. The normalized spacial score (nSPS) is 18.2. The molecule has 14 nitrogen and oxygen atoms in total. The molecule has 3 saturated heterocycles. The number of aryl methyl sites for hydroxylation is 1. The van der Waals surface area contributed by atoms with Gasteiger partial charge < -0.3 is 24.8 Å². The number of ether oxygens (including phenoxy) is 1. The second-order valence-electron chi connectivity index (χ2n) is 17.1. The highest BCUT2D eigenvalue weighted by atomic mass is 35.5. The Kier molecular flexibility index (Phi) is 17.6. The Labute approximate surface area is 389 Å². The van der Waals surface area contributed by atoms with Crippen molar-refractivity contribution in [2.45, 2.75) is 64.1 Å². The zero-order valence-electron chi connectivity index (χ0n) is 38.4. The Hall–Kier alpha value is -5.29. The Morgan fingerprint density at radius 2 is 1.78 bits per heavy atom. The number of nitrogens with zero attached hydrogens (tertiary/aromatic N) is 6. The zero-order valence-corrected chi connectivity index (χ0v) is 40.0. The van der Waals surface area contributed by atoms with E-state index in [-0.39, 0.29) is 23.5 Å².